The lowest BCUT2D eigenvalue weighted by atomic mass is 10.2. The van der Waals surface area contributed by atoms with E-state index in [0.717, 1.165) is 0 Å². The molecule has 0 radical (unpaired) electrons. The van der Waals surface area contributed by atoms with E-state index in [4.69, 9.17) is 10.6 Å². The molecule has 1 aromatic carbocycles. The van der Waals surface area contributed by atoms with Crippen LogP contribution in [0.5, 0.6) is 0 Å². The molecule has 0 heterocycles. The summed E-state index contributed by atoms with van der Waals surface area (Å²) in [6.45, 7) is 1.86. The molecule has 0 aliphatic heterocycles. The molecule has 0 spiro atoms. The number of amides is 2. The highest BCUT2D eigenvalue weighted by Crippen LogP contribution is 2.48. The van der Waals surface area contributed by atoms with E-state index in [2.05, 4.69) is 5.32 Å². The van der Waals surface area contributed by atoms with Crippen LogP contribution in [0.4, 0.5) is 5.69 Å². The van der Waals surface area contributed by atoms with Crippen molar-refractivity contribution in [3.8, 4) is 0 Å². The number of benzene rings is 1. The quantitative estimate of drug-likeness (QED) is 0.307. The summed E-state index contributed by atoms with van der Waals surface area (Å²) in [6, 6.07) is 8.80. The second kappa shape index (κ2) is 6.36. The second-order valence-corrected chi connectivity index (χ2v) is 4.69. The van der Waals surface area contributed by atoms with Crippen LogP contribution in [0, 0.1) is 17.8 Å². The molecule has 2 rings (SSSR count). The number of nitrogens with two attached hydrogens (primary N) is 1. The van der Waals surface area contributed by atoms with Gasteiger partial charge in [0, 0.05) is 5.69 Å². The molecule has 1 saturated carbocycles. The van der Waals surface area contributed by atoms with Crippen molar-refractivity contribution < 1.29 is 19.1 Å². The molecule has 1 fully saturated rings. The molecule has 4 N–H and O–H groups in total. The van der Waals surface area contributed by atoms with E-state index in [9.17, 15) is 14.4 Å². The number of rotatable bonds is 5. The summed E-state index contributed by atoms with van der Waals surface area (Å²) < 4.78 is 4.88. The Balaban J connectivity index is 2.07. The Bertz CT molecular complexity index is 546. The molecule has 1 aliphatic rings. The Morgan fingerprint density at radius 2 is 1.71 bits per heavy atom. The molecule has 3 atom stereocenters. The maximum absolute atomic E-state index is 12.2. The van der Waals surface area contributed by atoms with Gasteiger partial charge in [-0.3, -0.25) is 19.8 Å². The monoisotopic (exact) mass is 291 g/mol. The fourth-order valence-corrected chi connectivity index (χ4v) is 2.34. The molecule has 112 valence electrons. The van der Waals surface area contributed by atoms with Gasteiger partial charge in [0.2, 0.25) is 11.8 Å². The zero-order valence-corrected chi connectivity index (χ0v) is 11.5. The molecular formula is C14H17N3O4. The van der Waals surface area contributed by atoms with E-state index in [1.165, 1.54) is 0 Å². The number of nitrogens with one attached hydrogen (secondary N) is 2. The smallest absolute Gasteiger partial charge is 0.310 e. The van der Waals surface area contributed by atoms with Gasteiger partial charge < -0.3 is 10.1 Å². The normalized spacial score (nSPS) is 23.0. The summed E-state index contributed by atoms with van der Waals surface area (Å²) in [5, 5.41) is 2.67. The van der Waals surface area contributed by atoms with Gasteiger partial charge in [-0.2, -0.15) is 0 Å². The highest BCUT2D eigenvalue weighted by Gasteiger charge is 2.63. The highest BCUT2D eigenvalue weighted by atomic mass is 16.5. The molecule has 0 saturated heterocycles. The molecule has 0 unspecified atom stereocenters. The minimum absolute atomic E-state index is 0.194. The standard InChI is InChI=1S/C14H17N3O4/c1-2-21-14(20)11-9(10(11)13(19)17-15)12(18)16-8-6-4-3-5-7-8/h3-7,9-11H,2,15H2,1H3,(H,16,18)(H,17,19)/t9-,10-,11+/m1/s1. The van der Waals surface area contributed by atoms with Gasteiger partial charge in [-0.15, -0.1) is 0 Å². The first kappa shape index (κ1) is 15.0. The summed E-state index contributed by atoms with van der Waals surface area (Å²) in [7, 11) is 0. The van der Waals surface area contributed by atoms with Crippen molar-refractivity contribution in [1.29, 1.82) is 0 Å². The molecule has 21 heavy (non-hydrogen) atoms. The zero-order valence-electron chi connectivity index (χ0n) is 11.5. The van der Waals surface area contributed by atoms with E-state index in [0.29, 0.717) is 5.69 Å². The Morgan fingerprint density at radius 3 is 2.29 bits per heavy atom. The number of para-hydroxylation sites is 1. The van der Waals surface area contributed by atoms with Gasteiger partial charge >= 0.3 is 5.97 Å². The van der Waals surface area contributed by atoms with Crippen molar-refractivity contribution in [1.82, 2.24) is 5.43 Å². The molecule has 0 bridgehead atoms. The molecule has 7 nitrogen and oxygen atoms in total. The predicted octanol–water partition coefficient (Wildman–Crippen LogP) is 0.0403. The lowest BCUT2D eigenvalue weighted by Gasteiger charge is -2.04. The third kappa shape index (κ3) is 3.19. The molecule has 0 aromatic heterocycles. The van der Waals surface area contributed by atoms with E-state index in [-0.39, 0.29) is 6.61 Å². The summed E-state index contributed by atoms with van der Waals surface area (Å²) in [5.41, 5.74) is 2.58. The molecule has 1 aliphatic carbocycles. The second-order valence-electron chi connectivity index (χ2n) is 4.69. The van der Waals surface area contributed by atoms with Crippen LogP contribution >= 0.6 is 0 Å². The van der Waals surface area contributed by atoms with Crippen LogP contribution in [0.2, 0.25) is 0 Å². The van der Waals surface area contributed by atoms with E-state index in [1.54, 1.807) is 31.2 Å². The third-order valence-electron chi connectivity index (χ3n) is 3.37. The number of esters is 1. The van der Waals surface area contributed by atoms with Crippen molar-refractivity contribution in [2.75, 3.05) is 11.9 Å². The number of ether oxygens (including phenoxy) is 1. The van der Waals surface area contributed by atoms with Crippen molar-refractivity contribution in [3.63, 3.8) is 0 Å². The zero-order chi connectivity index (χ0) is 15.4. The van der Waals surface area contributed by atoms with Crippen LogP contribution in [-0.4, -0.2) is 24.4 Å². The first-order valence-electron chi connectivity index (χ1n) is 6.63. The molecule has 7 heteroatoms. The van der Waals surface area contributed by atoms with Gasteiger partial charge in [-0.1, -0.05) is 18.2 Å². The van der Waals surface area contributed by atoms with Gasteiger partial charge in [0.25, 0.3) is 0 Å². The first-order valence-corrected chi connectivity index (χ1v) is 6.63. The average molecular weight is 291 g/mol. The van der Waals surface area contributed by atoms with Crippen LogP contribution in [0.15, 0.2) is 30.3 Å². The Hall–Kier alpha value is -2.41. The van der Waals surface area contributed by atoms with E-state index < -0.39 is 35.5 Å². The lowest BCUT2D eigenvalue weighted by Crippen LogP contribution is -2.33. The van der Waals surface area contributed by atoms with Crippen LogP contribution in [0.25, 0.3) is 0 Å². The van der Waals surface area contributed by atoms with Crippen LogP contribution < -0.4 is 16.6 Å². The van der Waals surface area contributed by atoms with Crippen LogP contribution in [0.3, 0.4) is 0 Å². The van der Waals surface area contributed by atoms with Crippen molar-refractivity contribution >= 4 is 23.5 Å². The first-order chi connectivity index (χ1) is 10.1. The maximum atomic E-state index is 12.2. The summed E-state index contributed by atoms with van der Waals surface area (Å²) in [5.74, 6) is 1.27. The van der Waals surface area contributed by atoms with Gasteiger partial charge in [-0.25, -0.2) is 5.84 Å². The summed E-state index contributed by atoms with van der Waals surface area (Å²) >= 11 is 0. The van der Waals surface area contributed by atoms with E-state index >= 15 is 0 Å². The number of hydrogen-bond acceptors (Lipinski definition) is 5. The number of anilines is 1. The molecular weight excluding hydrogens is 274 g/mol. The fourth-order valence-electron chi connectivity index (χ4n) is 2.34. The van der Waals surface area contributed by atoms with Gasteiger partial charge in [0.15, 0.2) is 0 Å². The van der Waals surface area contributed by atoms with Gasteiger partial charge in [0.1, 0.15) is 0 Å². The number of hydrazine groups is 1. The SMILES string of the molecule is CCOC(=O)[C@@H]1[C@H](C(=O)NN)[C@H]1C(=O)Nc1ccccc1. The predicted molar refractivity (Wildman–Crippen MR) is 74.5 cm³/mol. The van der Waals surface area contributed by atoms with Crippen molar-refractivity contribution in [2.24, 2.45) is 23.6 Å². The van der Waals surface area contributed by atoms with Gasteiger partial charge in [-0.05, 0) is 19.1 Å². The number of carbonyl (C=O) groups is 3. The number of hydrogen-bond donors (Lipinski definition) is 3. The van der Waals surface area contributed by atoms with Crippen molar-refractivity contribution in [2.45, 2.75) is 6.92 Å². The minimum atomic E-state index is -0.780. The Labute approximate surface area is 121 Å². The maximum Gasteiger partial charge on any atom is 0.310 e. The number of carbonyl (C=O) groups excluding carboxylic acids is 3. The van der Waals surface area contributed by atoms with Crippen LogP contribution in [0.1, 0.15) is 6.92 Å². The Morgan fingerprint density at radius 1 is 1.10 bits per heavy atom. The molecule has 2 amide bonds. The van der Waals surface area contributed by atoms with Crippen molar-refractivity contribution in [3.05, 3.63) is 30.3 Å². The Kier molecular flexibility index (Phi) is 4.54. The van der Waals surface area contributed by atoms with Crippen LogP contribution in [-0.2, 0) is 19.1 Å². The largest absolute Gasteiger partial charge is 0.466 e. The average Bonchev–Trinajstić information content (AvgIpc) is 3.23. The van der Waals surface area contributed by atoms with Gasteiger partial charge in [0.05, 0.1) is 24.4 Å². The lowest BCUT2D eigenvalue weighted by molar-refractivity contribution is -0.146. The molecule has 1 aromatic rings. The topological polar surface area (TPSA) is 111 Å². The minimum Gasteiger partial charge on any atom is -0.466 e. The fraction of sp³-hybridized carbons (Fsp3) is 0.357. The van der Waals surface area contributed by atoms with E-state index in [1.807, 2.05) is 11.5 Å². The summed E-state index contributed by atoms with van der Waals surface area (Å²) in [4.78, 5) is 35.6. The third-order valence-corrected chi connectivity index (χ3v) is 3.37. The highest BCUT2D eigenvalue weighted by molar-refractivity contribution is 6.05. The summed E-state index contributed by atoms with van der Waals surface area (Å²) in [6.07, 6.45) is 0.